The van der Waals surface area contributed by atoms with Crippen LogP contribution in [-0.4, -0.2) is 46.6 Å². The van der Waals surface area contributed by atoms with Gasteiger partial charge in [-0.2, -0.15) is 11.8 Å². The fraction of sp³-hybridized carbons (Fsp3) is 0.909. The SMILES string of the molecule is O=C(O)C1CCCN(C2CCCSC2)C1. The molecule has 0 aromatic heterocycles. The Bertz CT molecular complexity index is 229. The van der Waals surface area contributed by atoms with Crippen molar-refractivity contribution < 1.29 is 9.90 Å². The second-order valence-corrected chi connectivity index (χ2v) is 5.69. The Morgan fingerprint density at radius 1 is 1.33 bits per heavy atom. The second-order valence-electron chi connectivity index (χ2n) is 4.54. The van der Waals surface area contributed by atoms with Gasteiger partial charge in [-0.3, -0.25) is 9.69 Å². The standard InChI is InChI=1S/C11H19NO2S/c13-11(14)9-3-1-5-12(7-9)10-4-2-6-15-8-10/h9-10H,1-8H2,(H,13,14). The minimum atomic E-state index is -0.608. The molecule has 4 heteroatoms. The number of carbonyl (C=O) groups is 1. The monoisotopic (exact) mass is 229 g/mol. The number of piperidine rings is 1. The third kappa shape index (κ3) is 2.88. The number of likely N-dealkylation sites (tertiary alicyclic amines) is 1. The molecule has 2 heterocycles. The van der Waals surface area contributed by atoms with Crippen LogP contribution in [0.3, 0.4) is 0 Å². The van der Waals surface area contributed by atoms with E-state index in [9.17, 15) is 4.79 Å². The molecule has 2 aliphatic heterocycles. The summed E-state index contributed by atoms with van der Waals surface area (Å²) in [6.07, 6.45) is 4.48. The van der Waals surface area contributed by atoms with Gasteiger partial charge in [0.05, 0.1) is 5.92 Å². The molecule has 2 aliphatic rings. The highest BCUT2D eigenvalue weighted by Gasteiger charge is 2.30. The quantitative estimate of drug-likeness (QED) is 0.782. The molecule has 3 nitrogen and oxygen atoms in total. The minimum absolute atomic E-state index is 0.120. The molecule has 0 saturated carbocycles. The largest absolute Gasteiger partial charge is 0.481 e. The molecule has 0 aromatic rings. The van der Waals surface area contributed by atoms with Crippen LogP contribution >= 0.6 is 11.8 Å². The van der Waals surface area contributed by atoms with E-state index in [1.165, 1.54) is 24.3 Å². The van der Waals surface area contributed by atoms with Gasteiger partial charge >= 0.3 is 5.97 Å². The first kappa shape index (κ1) is 11.3. The number of thioether (sulfide) groups is 1. The van der Waals surface area contributed by atoms with E-state index in [0.717, 1.165) is 25.9 Å². The van der Waals surface area contributed by atoms with Crippen molar-refractivity contribution in [3.05, 3.63) is 0 Å². The van der Waals surface area contributed by atoms with Gasteiger partial charge in [-0.15, -0.1) is 0 Å². The van der Waals surface area contributed by atoms with Crippen molar-refractivity contribution in [3.8, 4) is 0 Å². The Morgan fingerprint density at radius 3 is 2.87 bits per heavy atom. The Hall–Kier alpha value is -0.220. The molecular formula is C11H19NO2S. The summed E-state index contributed by atoms with van der Waals surface area (Å²) in [5.41, 5.74) is 0. The molecular weight excluding hydrogens is 210 g/mol. The zero-order valence-electron chi connectivity index (χ0n) is 9.02. The zero-order valence-corrected chi connectivity index (χ0v) is 9.84. The molecule has 1 N–H and O–H groups in total. The van der Waals surface area contributed by atoms with Crippen LogP contribution in [0.25, 0.3) is 0 Å². The normalized spacial score (nSPS) is 33.9. The highest BCUT2D eigenvalue weighted by molar-refractivity contribution is 7.99. The van der Waals surface area contributed by atoms with Crippen LogP contribution < -0.4 is 0 Å². The minimum Gasteiger partial charge on any atom is -0.481 e. The molecule has 0 radical (unpaired) electrons. The van der Waals surface area contributed by atoms with Gasteiger partial charge in [0.15, 0.2) is 0 Å². The predicted molar refractivity (Wildman–Crippen MR) is 62.3 cm³/mol. The molecule has 0 spiro atoms. The molecule has 2 rings (SSSR count). The van der Waals surface area contributed by atoms with E-state index in [-0.39, 0.29) is 5.92 Å². The lowest BCUT2D eigenvalue weighted by molar-refractivity contribution is -0.143. The van der Waals surface area contributed by atoms with Crippen LogP contribution in [0.1, 0.15) is 25.7 Å². The van der Waals surface area contributed by atoms with Crippen molar-refractivity contribution in [2.45, 2.75) is 31.7 Å². The number of aliphatic carboxylic acids is 1. The van der Waals surface area contributed by atoms with Crippen molar-refractivity contribution >= 4 is 17.7 Å². The summed E-state index contributed by atoms with van der Waals surface area (Å²) in [7, 11) is 0. The van der Waals surface area contributed by atoms with Crippen molar-refractivity contribution in [2.24, 2.45) is 5.92 Å². The summed E-state index contributed by atoms with van der Waals surface area (Å²) < 4.78 is 0. The Balaban J connectivity index is 1.88. The van der Waals surface area contributed by atoms with Crippen LogP contribution in [0.2, 0.25) is 0 Å². The van der Waals surface area contributed by atoms with Gasteiger partial charge in [-0.05, 0) is 38.0 Å². The lowest BCUT2D eigenvalue weighted by Crippen LogP contribution is -2.46. The number of hydrogen-bond donors (Lipinski definition) is 1. The lowest BCUT2D eigenvalue weighted by Gasteiger charge is -2.38. The highest BCUT2D eigenvalue weighted by Crippen LogP contribution is 2.26. The molecule has 2 atom stereocenters. The van der Waals surface area contributed by atoms with E-state index in [0.29, 0.717) is 6.04 Å². The highest BCUT2D eigenvalue weighted by atomic mass is 32.2. The number of hydrogen-bond acceptors (Lipinski definition) is 3. The predicted octanol–water partition coefficient (Wildman–Crippen LogP) is 1.68. The zero-order chi connectivity index (χ0) is 10.7. The lowest BCUT2D eigenvalue weighted by atomic mass is 9.96. The van der Waals surface area contributed by atoms with Gasteiger partial charge < -0.3 is 5.11 Å². The van der Waals surface area contributed by atoms with Crippen LogP contribution in [0.4, 0.5) is 0 Å². The van der Waals surface area contributed by atoms with Gasteiger partial charge in [-0.25, -0.2) is 0 Å². The van der Waals surface area contributed by atoms with Crippen LogP contribution in [0.5, 0.6) is 0 Å². The van der Waals surface area contributed by atoms with E-state index < -0.39 is 5.97 Å². The summed E-state index contributed by atoms with van der Waals surface area (Å²) in [5.74, 6) is 1.76. The molecule has 2 unspecified atom stereocenters. The first-order valence-electron chi connectivity index (χ1n) is 5.82. The smallest absolute Gasteiger partial charge is 0.307 e. The molecule has 86 valence electrons. The maximum atomic E-state index is 11.0. The number of carboxylic acids is 1. The maximum absolute atomic E-state index is 11.0. The number of carboxylic acid groups (broad SMARTS) is 1. The Labute approximate surface area is 95.2 Å². The molecule has 2 fully saturated rings. The molecule has 0 bridgehead atoms. The number of rotatable bonds is 2. The van der Waals surface area contributed by atoms with Crippen LogP contribution in [0, 0.1) is 5.92 Å². The topological polar surface area (TPSA) is 40.5 Å². The first-order valence-corrected chi connectivity index (χ1v) is 6.97. The molecule has 15 heavy (non-hydrogen) atoms. The van der Waals surface area contributed by atoms with E-state index >= 15 is 0 Å². The molecule has 0 aromatic carbocycles. The molecule has 2 saturated heterocycles. The van der Waals surface area contributed by atoms with Gasteiger partial charge in [0.1, 0.15) is 0 Å². The fourth-order valence-corrected chi connectivity index (χ4v) is 3.74. The van der Waals surface area contributed by atoms with Crippen LogP contribution in [-0.2, 0) is 4.79 Å². The average Bonchev–Trinajstić information content (AvgIpc) is 2.30. The summed E-state index contributed by atoms with van der Waals surface area (Å²) in [6.45, 7) is 1.88. The van der Waals surface area contributed by atoms with Crippen molar-refractivity contribution in [2.75, 3.05) is 24.6 Å². The summed E-state index contributed by atoms with van der Waals surface area (Å²) in [4.78, 5) is 13.4. The summed E-state index contributed by atoms with van der Waals surface area (Å²) >= 11 is 2.02. The van der Waals surface area contributed by atoms with Crippen molar-refractivity contribution in [1.29, 1.82) is 0 Å². The fourth-order valence-electron chi connectivity index (χ4n) is 2.55. The van der Waals surface area contributed by atoms with E-state index in [1.807, 2.05) is 11.8 Å². The van der Waals surface area contributed by atoms with E-state index in [4.69, 9.17) is 5.11 Å². The van der Waals surface area contributed by atoms with Gasteiger partial charge in [0, 0.05) is 18.3 Å². The van der Waals surface area contributed by atoms with E-state index in [1.54, 1.807) is 0 Å². The van der Waals surface area contributed by atoms with E-state index in [2.05, 4.69) is 4.90 Å². The van der Waals surface area contributed by atoms with Crippen LogP contribution in [0.15, 0.2) is 0 Å². The number of nitrogens with zero attached hydrogens (tertiary/aromatic N) is 1. The third-order valence-electron chi connectivity index (χ3n) is 3.45. The maximum Gasteiger partial charge on any atom is 0.307 e. The summed E-state index contributed by atoms with van der Waals surface area (Å²) in [6, 6.07) is 0.644. The first-order chi connectivity index (χ1) is 7.27. The average molecular weight is 229 g/mol. The third-order valence-corrected chi connectivity index (χ3v) is 4.65. The Kier molecular flexibility index (Phi) is 3.92. The van der Waals surface area contributed by atoms with Gasteiger partial charge in [0.25, 0.3) is 0 Å². The molecule has 0 aliphatic carbocycles. The second kappa shape index (κ2) is 5.21. The Morgan fingerprint density at radius 2 is 2.20 bits per heavy atom. The molecule has 0 amide bonds. The van der Waals surface area contributed by atoms with Crippen molar-refractivity contribution in [1.82, 2.24) is 4.90 Å². The van der Waals surface area contributed by atoms with Gasteiger partial charge in [-0.1, -0.05) is 0 Å². The van der Waals surface area contributed by atoms with Gasteiger partial charge in [0.2, 0.25) is 0 Å². The summed E-state index contributed by atoms with van der Waals surface area (Å²) in [5, 5.41) is 9.02. The van der Waals surface area contributed by atoms with Crippen molar-refractivity contribution in [3.63, 3.8) is 0 Å².